The minimum atomic E-state index is -0.135. The Morgan fingerprint density at radius 3 is 2.56 bits per heavy atom. The SMILES string of the molecule is CC[C@@H](C)NC(=O)NCc1ccc(Cl)cc1. The van der Waals surface area contributed by atoms with E-state index in [1.54, 1.807) is 0 Å². The topological polar surface area (TPSA) is 41.1 Å². The molecule has 0 radical (unpaired) electrons. The molecule has 0 aliphatic carbocycles. The Bertz CT molecular complexity index is 337. The van der Waals surface area contributed by atoms with Crippen LogP contribution in [0.15, 0.2) is 24.3 Å². The van der Waals surface area contributed by atoms with Gasteiger partial charge in [0.1, 0.15) is 0 Å². The van der Waals surface area contributed by atoms with Crippen molar-refractivity contribution in [2.75, 3.05) is 0 Å². The molecule has 2 amide bonds. The van der Waals surface area contributed by atoms with Crippen LogP contribution in [0.3, 0.4) is 0 Å². The lowest BCUT2D eigenvalue weighted by atomic mass is 10.2. The third-order valence-electron chi connectivity index (χ3n) is 2.36. The van der Waals surface area contributed by atoms with Gasteiger partial charge in [-0.1, -0.05) is 30.7 Å². The highest BCUT2D eigenvalue weighted by molar-refractivity contribution is 6.30. The first-order chi connectivity index (χ1) is 7.61. The Morgan fingerprint density at radius 2 is 2.00 bits per heavy atom. The summed E-state index contributed by atoms with van der Waals surface area (Å²) < 4.78 is 0. The summed E-state index contributed by atoms with van der Waals surface area (Å²) in [5.41, 5.74) is 1.03. The number of nitrogens with one attached hydrogen (secondary N) is 2. The number of amides is 2. The molecule has 0 saturated heterocycles. The van der Waals surface area contributed by atoms with Crippen LogP contribution in [0.2, 0.25) is 5.02 Å². The van der Waals surface area contributed by atoms with Crippen molar-refractivity contribution in [3.63, 3.8) is 0 Å². The van der Waals surface area contributed by atoms with Crippen LogP contribution in [0.1, 0.15) is 25.8 Å². The number of rotatable bonds is 4. The first-order valence-electron chi connectivity index (χ1n) is 5.40. The molecule has 16 heavy (non-hydrogen) atoms. The van der Waals surface area contributed by atoms with Gasteiger partial charge in [-0.25, -0.2) is 4.79 Å². The number of hydrogen-bond acceptors (Lipinski definition) is 1. The number of benzene rings is 1. The van der Waals surface area contributed by atoms with E-state index in [4.69, 9.17) is 11.6 Å². The first kappa shape index (κ1) is 12.8. The Balaban J connectivity index is 2.34. The predicted octanol–water partition coefficient (Wildman–Crippen LogP) is 2.94. The summed E-state index contributed by atoms with van der Waals surface area (Å²) in [6.07, 6.45) is 0.925. The van der Waals surface area contributed by atoms with Gasteiger partial charge in [0.25, 0.3) is 0 Å². The lowest BCUT2D eigenvalue weighted by Gasteiger charge is -2.12. The molecule has 2 N–H and O–H groups in total. The average Bonchev–Trinajstić information content (AvgIpc) is 2.28. The number of urea groups is 1. The van der Waals surface area contributed by atoms with Gasteiger partial charge in [0.15, 0.2) is 0 Å². The molecule has 0 spiro atoms. The largest absolute Gasteiger partial charge is 0.336 e. The summed E-state index contributed by atoms with van der Waals surface area (Å²) in [6, 6.07) is 7.48. The molecular formula is C12H17ClN2O. The molecule has 4 heteroatoms. The van der Waals surface area contributed by atoms with E-state index >= 15 is 0 Å². The molecule has 0 fully saturated rings. The van der Waals surface area contributed by atoms with Gasteiger partial charge in [0, 0.05) is 17.6 Å². The summed E-state index contributed by atoms with van der Waals surface area (Å²) in [5.74, 6) is 0. The fourth-order valence-electron chi connectivity index (χ4n) is 1.16. The van der Waals surface area contributed by atoms with Crippen molar-refractivity contribution in [2.45, 2.75) is 32.9 Å². The van der Waals surface area contributed by atoms with E-state index < -0.39 is 0 Å². The van der Waals surface area contributed by atoms with E-state index in [1.807, 2.05) is 38.1 Å². The van der Waals surface area contributed by atoms with Gasteiger partial charge >= 0.3 is 6.03 Å². The van der Waals surface area contributed by atoms with E-state index in [0.717, 1.165) is 12.0 Å². The molecule has 0 unspecified atom stereocenters. The Labute approximate surface area is 101 Å². The van der Waals surface area contributed by atoms with E-state index in [-0.39, 0.29) is 12.1 Å². The molecule has 0 saturated carbocycles. The van der Waals surface area contributed by atoms with Crippen molar-refractivity contribution in [1.82, 2.24) is 10.6 Å². The molecule has 0 heterocycles. The van der Waals surface area contributed by atoms with Crippen LogP contribution in [-0.2, 0) is 6.54 Å². The highest BCUT2D eigenvalue weighted by Crippen LogP contribution is 2.08. The van der Waals surface area contributed by atoms with Gasteiger partial charge in [-0.05, 0) is 31.0 Å². The summed E-state index contributed by atoms with van der Waals surface area (Å²) in [5, 5.41) is 6.33. The molecule has 1 aromatic carbocycles. The van der Waals surface area contributed by atoms with Gasteiger partial charge in [-0.15, -0.1) is 0 Å². The van der Waals surface area contributed by atoms with Gasteiger partial charge in [0.05, 0.1) is 0 Å². The van der Waals surface area contributed by atoms with Gasteiger partial charge in [-0.2, -0.15) is 0 Å². The first-order valence-corrected chi connectivity index (χ1v) is 5.78. The van der Waals surface area contributed by atoms with Crippen LogP contribution in [-0.4, -0.2) is 12.1 Å². The van der Waals surface area contributed by atoms with Gasteiger partial charge in [0.2, 0.25) is 0 Å². The molecule has 1 aromatic rings. The zero-order chi connectivity index (χ0) is 12.0. The van der Waals surface area contributed by atoms with Crippen molar-refractivity contribution in [2.24, 2.45) is 0 Å². The molecule has 1 rings (SSSR count). The minimum Gasteiger partial charge on any atom is -0.336 e. The van der Waals surface area contributed by atoms with E-state index in [0.29, 0.717) is 11.6 Å². The standard InChI is InChI=1S/C12H17ClN2O/c1-3-9(2)15-12(16)14-8-10-4-6-11(13)7-5-10/h4-7,9H,3,8H2,1-2H3,(H2,14,15,16)/t9-/m1/s1. The second-order valence-electron chi connectivity index (χ2n) is 3.76. The third kappa shape index (κ3) is 4.53. The Morgan fingerprint density at radius 1 is 1.38 bits per heavy atom. The molecule has 0 bridgehead atoms. The van der Waals surface area contributed by atoms with E-state index in [1.165, 1.54) is 0 Å². The van der Waals surface area contributed by atoms with Crippen molar-refractivity contribution >= 4 is 17.6 Å². The van der Waals surface area contributed by atoms with Crippen molar-refractivity contribution < 1.29 is 4.79 Å². The number of hydrogen-bond donors (Lipinski definition) is 2. The highest BCUT2D eigenvalue weighted by atomic mass is 35.5. The fraction of sp³-hybridized carbons (Fsp3) is 0.417. The predicted molar refractivity (Wildman–Crippen MR) is 66.6 cm³/mol. The molecular weight excluding hydrogens is 224 g/mol. The van der Waals surface area contributed by atoms with Gasteiger partial charge in [-0.3, -0.25) is 0 Å². The molecule has 0 aromatic heterocycles. The number of carbonyl (C=O) groups excluding carboxylic acids is 1. The molecule has 0 aliphatic rings. The van der Waals surface area contributed by atoms with E-state index in [2.05, 4.69) is 10.6 Å². The van der Waals surface area contributed by atoms with Gasteiger partial charge < -0.3 is 10.6 Å². The summed E-state index contributed by atoms with van der Waals surface area (Å²) in [6.45, 7) is 4.52. The summed E-state index contributed by atoms with van der Waals surface area (Å²) in [7, 11) is 0. The summed E-state index contributed by atoms with van der Waals surface area (Å²) >= 11 is 5.76. The lowest BCUT2D eigenvalue weighted by Crippen LogP contribution is -2.40. The summed E-state index contributed by atoms with van der Waals surface area (Å²) in [4.78, 5) is 11.4. The van der Waals surface area contributed by atoms with Crippen molar-refractivity contribution in [3.8, 4) is 0 Å². The maximum Gasteiger partial charge on any atom is 0.315 e. The van der Waals surface area contributed by atoms with Crippen molar-refractivity contribution in [3.05, 3.63) is 34.9 Å². The van der Waals surface area contributed by atoms with Crippen LogP contribution in [0.4, 0.5) is 4.79 Å². The van der Waals surface area contributed by atoms with Crippen LogP contribution in [0.25, 0.3) is 0 Å². The van der Waals surface area contributed by atoms with Crippen LogP contribution in [0, 0.1) is 0 Å². The molecule has 1 atom stereocenters. The quantitative estimate of drug-likeness (QED) is 0.835. The van der Waals surface area contributed by atoms with Crippen LogP contribution >= 0.6 is 11.6 Å². The lowest BCUT2D eigenvalue weighted by molar-refractivity contribution is 0.237. The fourth-order valence-corrected chi connectivity index (χ4v) is 1.29. The zero-order valence-corrected chi connectivity index (χ0v) is 10.3. The van der Waals surface area contributed by atoms with Crippen molar-refractivity contribution in [1.29, 1.82) is 0 Å². The van der Waals surface area contributed by atoms with E-state index in [9.17, 15) is 4.79 Å². The maximum atomic E-state index is 11.4. The smallest absolute Gasteiger partial charge is 0.315 e. The normalized spacial score (nSPS) is 11.9. The monoisotopic (exact) mass is 240 g/mol. The average molecular weight is 241 g/mol. The number of carbonyl (C=O) groups is 1. The Hall–Kier alpha value is -1.22. The second-order valence-corrected chi connectivity index (χ2v) is 4.20. The maximum absolute atomic E-state index is 11.4. The van der Waals surface area contributed by atoms with Crippen LogP contribution < -0.4 is 10.6 Å². The second kappa shape index (κ2) is 6.38. The zero-order valence-electron chi connectivity index (χ0n) is 9.59. The molecule has 88 valence electrons. The van der Waals surface area contributed by atoms with Crippen LogP contribution in [0.5, 0.6) is 0 Å². The Kier molecular flexibility index (Phi) is 5.12. The molecule has 3 nitrogen and oxygen atoms in total. The third-order valence-corrected chi connectivity index (χ3v) is 2.61. The minimum absolute atomic E-state index is 0.135. The number of halogens is 1. The molecule has 0 aliphatic heterocycles. The highest BCUT2D eigenvalue weighted by Gasteiger charge is 2.03.